The molecule has 0 aliphatic heterocycles. The molecule has 0 aromatic heterocycles. The Kier molecular flexibility index (Phi) is 8.09. The topological polar surface area (TPSA) is 0 Å². The molecule has 0 aromatic rings. The van der Waals surface area contributed by atoms with E-state index < -0.39 is 0 Å². The molecule has 0 radical (unpaired) electrons. The third kappa shape index (κ3) is 6.44. The molecule has 0 aromatic carbocycles. The van der Waals surface area contributed by atoms with Gasteiger partial charge in [-0.25, -0.2) is 0 Å². The normalized spacial score (nSPS) is 30.9. The van der Waals surface area contributed by atoms with E-state index in [9.17, 15) is 0 Å². The van der Waals surface area contributed by atoms with Gasteiger partial charge in [0.25, 0.3) is 0 Å². The minimum atomic E-state index is 0.836. The van der Waals surface area contributed by atoms with E-state index in [1.54, 1.807) is 5.57 Å². The minimum absolute atomic E-state index is 0.836. The smallest absolute Gasteiger partial charge is 0.0289 e. The Morgan fingerprint density at radius 2 is 1.64 bits per heavy atom. The second-order valence-electron chi connectivity index (χ2n) is 10.4. The van der Waals surface area contributed by atoms with Crippen molar-refractivity contribution >= 4 is 0 Å². The summed E-state index contributed by atoms with van der Waals surface area (Å²) in [5.41, 5.74) is 1.79. The molecular weight excluding hydrogens is 300 g/mol. The summed E-state index contributed by atoms with van der Waals surface area (Å²) in [6, 6.07) is 0. The maximum atomic E-state index is 2.62. The van der Waals surface area contributed by atoms with Gasteiger partial charge >= 0.3 is 0 Å². The molecule has 25 heavy (non-hydrogen) atoms. The van der Waals surface area contributed by atoms with Crippen LogP contribution >= 0.6 is 0 Å². The molecule has 146 valence electrons. The van der Waals surface area contributed by atoms with Crippen LogP contribution in [0.25, 0.3) is 0 Å². The first kappa shape index (κ1) is 21.0. The van der Waals surface area contributed by atoms with Gasteiger partial charge in [-0.2, -0.15) is 0 Å². The third-order valence-electron chi connectivity index (χ3n) is 8.05. The Hall–Kier alpha value is -0.260. The number of hydrogen-bond donors (Lipinski definition) is 0. The second-order valence-corrected chi connectivity index (χ2v) is 10.4. The largest absolute Gasteiger partial charge is 0.0850 e. The first-order valence-corrected chi connectivity index (χ1v) is 11.5. The van der Waals surface area contributed by atoms with Gasteiger partial charge in [0.2, 0.25) is 0 Å². The fraction of sp³-hybridized carbons (Fsp3) is 0.920. The summed E-state index contributed by atoms with van der Waals surface area (Å²) in [6.07, 6.45) is 14.0. The summed E-state index contributed by atoms with van der Waals surface area (Å²) >= 11 is 0. The predicted molar refractivity (Wildman–Crippen MR) is 113 cm³/mol. The Labute approximate surface area is 159 Å². The fourth-order valence-electron chi connectivity index (χ4n) is 4.95. The van der Waals surface area contributed by atoms with Crippen LogP contribution < -0.4 is 0 Å². The van der Waals surface area contributed by atoms with Gasteiger partial charge in [0, 0.05) is 0 Å². The average molecular weight is 347 g/mol. The lowest BCUT2D eigenvalue weighted by Gasteiger charge is -2.23. The van der Waals surface area contributed by atoms with Crippen molar-refractivity contribution in [3.63, 3.8) is 0 Å². The molecular formula is C25H46. The van der Waals surface area contributed by atoms with Crippen molar-refractivity contribution in [1.29, 1.82) is 0 Å². The molecule has 2 rings (SSSR count). The van der Waals surface area contributed by atoms with Crippen LogP contribution in [-0.2, 0) is 0 Å². The highest BCUT2D eigenvalue weighted by Crippen LogP contribution is 2.51. The molecule has 1 saturated carbocycles. The highest BCUT2D eigenvalue weighted by molar-refractivity contribution is 5.11. The van der Waals surface area contributed by atoms with E-state index in [4.69, 9.17) is 0 Å². The monoisotopic (exact) mass is 346 g/mol. The molecule has 0 nitrogen and oxygen atoms in total. The molecule has 0 heteroatoms. The highest BCUT2D eigenvalue weighted by Gasteiger charge is 2.41. The molecule has 7 atom stereocenters. The molecule has 0 heterocycles. The van der Waals surface area contributed by atoms with Crippen LogP contribution in [0.3, 0.4) is 0 Å². The van der Waals surface area contributed by atoms with Crippen LogP contribution in [-0.4, -0.2) is 0 Å². The zero-order valence-corrected chi connectivity index (χ0v) is 18.4. The van der Waals surface area contributed by atoms with Crippen LogP contribution in [0.5, 0.6) is 0 Å². The Balaban J connectivity index is 1.65. The summed E-state index contributed by atoms with van der Waals surface area (Å²) in [7, 11) is 0. The second kappa shape index (κ2) is 9.61. The first-order chi connectivity index (χ1) is 11.8. The molecule has 0 spiro atoms. The van der Waals surface area contributed by atoms with Crippen LogP contribution in [0.1, 0.15) is 99.8 Å². The van der Waals surface area contributed by atoms with E-state index in [0.29, 0.717) is 0 Å². The van der Waals surface area contributed by atoms with Crippen LogP contribution in [0.15, 0.2) is 11.6 Å². The van der Waals surface area contributed by atoms with Crippen molar-refractivity contribution in [2.75, 3.05) is 0 Å². The van der Waals surface area contributed by atoms with Crippen LogP contribution in [0.4, 0.5) is 0 Å². The Morgan fingerprint density at radius 3 is 2.28 bits per heavy atom. The van der Waals surface area contributed by atoms with Crippen LogP contribution in [0, 0.1) is 47.3 Å². The quantitative estimate of drug-likeness (QED) is 0.331. The molecule has 0 amide bonds. The van der Waals surface area contributed by atoms with Crippen LogP contribution in [0.2, 0.25) is 0 Å². The van der Waals surface area contributed by atoms with Gasteiger partial charge in [0.05, 0.1) is 0 Å². The fourth-order valence-corrected chi connectivity index (χ4v) is 4.95. The lowest BCUT2D eigenvalue weighted by molar-refractivity contribution is 0.297. The van der Waals surface area contributed by atoms with E-state index in [1.807, 2.05) is 0 Å². The van der Waals surface area contributed by atoms with E-state index >= 15 is 0 Å². The van der Waals surface area contributed by atoms with Crippen molar-refractivity contribution in [3.05, 3.63) is 11.6 Å². The predicted octanol–water partition coefficient (Wildman–Crippen LogP) is 8.13. The standard InChI is InChI=1S/C25H46/c1-8-18(4)25-16-24(25)15-23-12-11-22(14-23)13-21(7)20(6)10-9-19(5)17(2)3/h11,17-21,23-25H,8-10,12-16H2,1-7H3. The van der Waals surface area contributed by atoms with E-state index in [2.05, 4.69) is 54.5 Å². The summed E-state index contributed by atoms with van der Waals surface area (Å²) < 4.78 is 0. The molecule has 2 aliphatic carbocycles. The zero-order chi connectivity index (χ0) is 18.6. The van der Waals surface area contributed by atoms with Crippen molar-refractivity contribution in [2.45, 2.75) is 99.8 Å². The highest BCUT2D eigenvalue weighted by atomic mass is 14.5. The summed E-state index contributed by atoms with van der Waals surface area (Å²) in [4.78, 5) is 0. The van der Waals surface area contributed by atoms with Crippen molar-refractivity contribution < 1.29 is 0 Å². The van der Waals surface area contributed by atoms with E-state index in [-0.39, 0.29) is 0 Å². The molecule has 1 fully saturated rings. The lowest BCUT2D eigenvalue weighted by atomic mass is 9.82. The van der Waals surface area contributed by atoms with Gasteiger partial charge in [-0.15, -0.1) is 0 Å². The Bertz CT molecular complexity index is 418. The number of rotatable bonds is 11. The number of allylic oxidation sites excluding steroid dienone is 2. The van der Waals surface area contributed by atoms with E-state index in [1.165, 1.54) is 51.4 Å². The summed E-state index contributed by atoms with van der Waals surface area (Å²) in [5.74, 6) is 7.53. The summed E-state index contributed by atoms with van der Waals surface area (Å²) in [6.45, 7) is 17.0. The summed E-state index contributed by atoms with van der Waals surface area (Å²) in [5, 5.41) is 0. The van der Waals surface area contributed by atoms with Gasteiger partial charge < -0.3 is 0 Å². The maximum absolute atomic E-state index is 2.62. The Morgan fingerprint density at radius 1 is 0.960 bits per heavy atom. The third-order valence-corrected chi connectivity index (χ3v) is 8.05. The van der Waals surface area contributed by atoms with Gasteiger partial charge in [-0.1, -0.05) is 79.4 Å². The molecule has 0 saturated heterocycles. The van der Waals surface area contributed by atoms with Crippen molar-refractivity contribution in [2.24, 2.45) is 47.3 Å². The first-order valence-electron chi connectivity index (χ1n) is 11.5. The van der Waals surface area contributed by atoms with Gasteiger partial charge in [0.1, 0.15) is 0 Å². The number of hydrogen-bond acceptors (Lipinski definition) is 0. The molecule has 2 aliphatic rings. The van der Waals surface area contributed by atoms with Gasteiger partial charge in [-0.3, -0.25) is 0 Å². The van der Waals surface area contributed by atoms with Gasteiger partial charge in [-0.05, 0) is 79.4 Å². The van der Waals surface area contributed by atoms with Crippen molar-refractivity contribution in [1.82, 2.24) is 0 Å². The molecule has 7 unspecified atom stereocenters. The van der Waals surface area contributed by atoms with Crippen molar-refractivity contribution in [3.8, 4) is 0 Å². The maximum Gasteiger partial charge on any atom is -0.0289 e. The van der Waals surface area contributed by atoms with E-state index in [0.717, 1.165) is 47.3 Å². The molecule has 0 bridgehead atoms. The minimum Gasteiger partial charge on any atom is -0.0850 e. The van der Waals surface area contributed by atoms with Gasteiger partial charge in [0.15, 0.2) is 0 Å². The zero-order valence-electron chi connectivity index (χ0n) is 18.4. The lowest BCUT2D eigenvalue weighted by Crippen LogP contribution is -2.12. The molecule has 0 N–H and O–H groups in total. The average Bonchev–Trinajstić information content (AvgIpc) is 3.21. The SMILES string of the molecule is CCC(C)C1CC1CC1CC=C(CC(C)C(C)CCC(C)C(C)C)C1.